The van der Waals surface area contributed by atoms with Crippen LogP contribution < -0.4 is 0 Å². The first-order valence-corrected chi connectivity index (χ1v) is 8.18. The molecule has 1 fully saturated rings. The molecule has 0 N–H and O–H groups in total. The summed E-state index contributed by atoms with van der Waals surface area (Å²) in [4.78, 5) is 26.2. The van der Waals surface area contributed by atoms with Crippen LogP contribution >= 0.6 is 0 Å². The van der Waals surface area contributed by atoms with Crippen molar-refractivity contribution in [2.75, 3.05) is 20.2 Å². The van der Waals surface area contributed by atoms with Crippen LogP contribution in [-0.4, -0.2) is 42.9 Å². The van der Waals surface area contributed by atoms with E-state index in [1.807, 2.05) is 0 Å². The molecule has 0 bridgehead atoms. The van der Waals surface area contributed by atoms with Crippen LogP contribution in [0.2, 0.25) is 0 Å². The van der Waals surface area contributed by atoms with Crippen molar-refractivity contribution in [1.82, 2.24) is 4.90 Å². The number of rotatable bonds is 8. The number of esters is 1. The molecule has 0 radical (unpaired) electrons. The van der Waals surface area contributed by atoms with Crippen molar-refractivity contribution in [1.29, 1.82) is 0 Å². The summed E-state index contributed by atoms with van der Waals surface area (Å²) >= 11 is 0. The molecule has 122 valence electrons. The van der Waals surface area contributed by atoms with Crippen molar-refractivity contribution in [3.63, 3.8) is 0 Å². The quantitative estimate of drug-likeness (QED) is 0.646. The molecule has 2 atom stereocenters. The predicted octanol–water partition coefficient (Wildman–Crippen LogP) is 2.90. The van der Waals surface area contributed by atoms with Crippen molar-refractivity contribution in [3.05, 3.63) is 0 Å². The van der Waals surface area contributed by atoms with Crippen LogP contribution in [-0.2, 0) is 14.3 Å². The first-order chi connectivity index (χ1) is 9.85. The van der Waals surface area contributed by atoms with E-state index < -0.39 is 0 Å². The Hall–Kier alpha value is -0.900. The van der Waals surface area contributed by atoms with E-state index in [0.29, 0.717) is 30.5 Å². The molecular weight excluding hydrogens is 266 g/mol. The zero-order valence-corrected chi connectivity index (χ0v) is 14.2. The van der Waals surface area contributed by atoms with Gasteiger partial charge in [-0.15, -0.1) is 0 Å². The van der Waals surface area contributed by atoms with Crippen molar-refractivity contribution in [3.8, 4) is 0 Å². The summed E-state index contributed by atoms with van der Waals surface area (Å²) in [6.45, 7) is 10.2. The second-order valence-electron chi connectivity index (χ2n) is 7.00. The summed E-state index contributed by atoms with van der Waals surface area (Å²) in [6.07, 6.45) is 3.15. The van der Waals surface area contributed by atoms with Gasteiger partial charge < -0.3 is 4.74 Å². The van der Waals surface area contributed by atoms with Crippen LogP contribution in [0.1, 0.15) is 53.4 Å². The minimum atomic E-state index is -0.155. The smallest absolute Gasteiger partial charge is 0.305 e. The molecule has 1 aliphatic rings. The van der Waals surface area contributed by atoms with Gasteiger partial charge in [0.15, 0.2) is 0 Å². The molecule has 21 heavy (non-hydrogen) atoms. The molecule has 0 aromatic rings. The monoisotopic (exact) mass is 297 g/mol. The third-order valence-electron chi connectivity index (χ3n) is 4.41. The third kappa shape index (κ3) is 5.77. The van der Waals surface area contributed by atoms with Crippen LogP contribution in [0, 0.1) is 17.8 Å². The number of carbonyl (C=O) groups is 2. The zero-order valence-electron chi connectivity index (χ0n) is 14.2. The van der Waals surface area contributed by atoms with E-state index >= 15 is 0 Å². The molecule has 4 heteroatoms. The number of carbonyl (C=O) groups excluding carboxylic acids is 2. The number of likely N-dealkylation sites (tertiary alicyclic amines) is 1. The fraction of sp³-hybridized carbons (Fsp3) is 0.882. The highest BCUT2D eigenvalue weighted by atomic mass is 16.5. The molecule has 2 unspecified atom stereocenters. The number of methoxy groups -OCH3 is 1. The van der Waals surface area contributed by atoms with Crippen molar-refractivity contribution < 1.29 is 14.3 Å². The maximum atomic E-state index is 12.4. The summed E-state index contributed by atoms with van der Waals surface area (Å²) in [5.74, 6) is 1.28. The lowest BCUT2D eigenvalue weighted by atomic mass is 9.91. The van der Waals surface area contributed by atoms with E-state index in [1.54, 1.807) is 0 Å². The molecule has 0 aliphatic carbocycles. The molecule has 0 amide bonds. The van der Waals surface area contributed by atoms with E-state index in [-0.39, 0.29) is 17.9 Å². The topological polar surface area (TPSA) is 46.6 Å². The number of hydrogen-bond donors (Lipinski definition) is 0. The molecule has 1 rings (SSSR count). The highest BCUT2D eigenvalue weighted by molar-refractivity contribution is 5.84. The SMILES string of the molecule is COC(=O)CC(CN1CCCC1C(=O)CC(C)C)C(C)C. The van der Waals surface area contributed by atoms with Gasteiger partial charge >= 0.3 is 5.97 Å². The fourth-order valence-electron chi connectivity index (χ4n) is 3.06. The van der Waals surface area contributed by atoms with E-state index in [0.717, 1.165) is 25.9 Å². The molecule has 0 aromatic heterocycles. The number of nitrogens with zero attached hydrogens (tertiary/aromatic N) is 1. The molecular formula is C17H31NO3. The van der Waals surface area contributed by atoms with Crippen LogP contribution in [0.5, 0.6) is 0 Å². The van der Waals surface area contributed by atoms with Gasteiger partial charge in [-0.05, 0) is 37.1 Å². The Morgan fingerprint density at radius 1 is 1.19 bits per heavy atom. The summed E-state index contributed by atoms with van der Waals surface area (Å²) in [7, 11) is 1.44. The Kier molecular flexibility index (Phi) is 7.36. The van der Waals surface area contributed by atoms with E-state index in [1.165, 1.54) is 7.11 Å². The lowest BCUT2D eigenvalue weighted by Crippen LogP contribution is -2.41. The number of ketones is 1. The molecule has 0 aromatic carbocycles. The number of ether oxygens (including phenoxy) is 1. The molecule has 1 saturated heterocycles. The molecule has 0 saturated carbocycles. The first kappa shape index (κ1) is 18.1. The Labute approximate surface area is 129 Å². The molecule has 1 aliphatic heterocycles. The second-order valence-corrected chi connectivity index (χ2v) is 7.00. The van der Waals surface area contributed by atoms with E-state index in [9.17, 15) is 9.59 Å². The largest absolute Gasteiger partial charge is 0.469 e. The first-order valence-electron chi connectivity index (χ1n) is 8.18. The zero-order chi connectivity index (χ0) is 16.0. The third-order valence-corrected chi connectivity index (χ3v) is 4.41. The average molecular weight is 297 g/mol. The fourth-order valence-corrected chi connectivity index (χ4v) is 3.06. The summed E-state index contributed by atoms with van der Waals surface area (Å²) < 4.78 is 4.80. The maximum absolute atomic E-state index is 12.4. The van der Waals surface area contributed by atoms with Crippen LogP contribution in [0.3, 0.4) is 0 Å². The van der Waals surface area contributed by atoms with Gasteiger partial charge in [-0.1, -0.05) is 27.7 Å². The summed E-state index contributed by atoms with van der Waals surface area (Å²) in [5.41, 5.74) is 0. The van der Waals surface area contributed by atoms with Crippen molar-refractivity contribution >= 4 is 11.8 Å². The van der Waals surface area contributed by atoms with Gasteiger partial charge in [0.1, 0.15) is 5.78 Å². The Morgan fingerprint density at radius 3 is 2.38 bits per heavy atom. The van der Waals surface area contributed by atoms with Gasteiger partial charge in [0.05, 0.1) is 13.2 Å². The number of hydrogen-bond acceptors (Lipinski definition) is 4. The Balaban J connectivity index is 2.64. The van der Waals surface area contributed by atoms with Gasteiger partial charge in [-0.2, -0.15) is 0 Å². The van der Waals surface area contributed by atoms with Crippen LogP contribution in [0.4, 0.5) is 0 Å². The van der Waals surface area contributed by atoms with Crippen molar-refractivity contribution in [2.45, 2.75) is 59.4 Å². The lowest BCUT2D eigenvalue weighted by Gasteiger charge is -2.30. The standard InChI is InChI=1S/C17H31NO3/c1-12(2)9-16(19)15-7-6-8-18(15)11-14(13(3)4)10-17(20)21-5/h12-15H,6-11H2,1-5H3. The summed E-state index contributed by atoms with van der Waals surface area (Å²) in [6, 6.07) is 0.0614. The predicted molar refractivity (Wildman–Crippen MR) is 84.0 cm³/mol. The molecule has 1 heterocycles. The van der Waals surface area contributed by atoms with Crippen LogP contribution in [0.15, 0.2) is 0 Å². The molecule has 4 nitrogen and oxygen atoms in total. The lowest BCUT2D eigenvalue weighted by molar-refractivity contribution is -0.142. The van der Waals surface area contributed by atoms with Gasteiger partial charge in [-0.3, -0.25) is 14.5 Å². The molecule has 0 spiro atoms. The number of Topliss-reactive ketones (excluding diaryl/α,β-unsaturated/α-hetero) is 1. The highest BCUT2D eigenvalue weighted by Gasteiger charge is 2.33. The van der Waals surface area contributed by atoms with Crippen LogP contribution in [0.25, 0.3) is 0 Å². The van der Waals surface area contributed by atoms with E-state index in [2.05, 4.69) is 32.6 Å². The van der Waals surface area contributed by atoms with Gasteiger partial charge in [0.2, 0.25) is 0 Å². The minimum absolute atomic E-state index is 0.0614. The second kappa shape index (κ2) is 8.52. The van der Waals surface area contributed by atoms with Crippen molar-refractivity contribution in [2.24, 2.45) is 17.8 Å². The Bertz CT molecular complexity index is 352. The normalized spacial score (nSPS) is 21.0. The maximum Gasteiger partial charge on any atom is 0.305 e. The van der Waals surface area contributed by atoms with E-state index in [4.69, 9.17) is 4.74 Å². The van der Waals surface area contributed by atoms with Gasteiger partial charge in [0, 0.05) is 19.4 Å². The minimum Gasteiger partial charge on any atom is -0.469 e. The average Bonchev–Trinajstić information content (AvgIpc) is 2.85. The summed E-state index contributed by atoms with van der Waals surface area (Å²) in [5, 5.41) is 0. The highest BCUT2D eigenvalue weighted by Crippen LogP contribution is 2.25. The van der Waals surface area contributed by atoms with Gasteiger partial charge in [0.25, 0.3) is 0 Å². The van der Waals surface area contributed by atoms with Gasteiger partial charge in [-0.25, -0.2) is 0 Å². The Morgan fingerprint density at radius 2 is 1.86 bits per heavy atom.